The summed E-state index contributed by atoms with van der Waals surface area (Å²) in [5, 5.41) is 3.56. The van der Waals surface area contributed by atoms with Crippen LogP contribution in [-0.2, 0) is 0 Å². The van der Waals surface area contributed by atoms with Crippen LogP contribution in [0.3, 0.4) is 0 Å². The Labute approximate surface area is 115 Å². The van der Waals surface area contributed by atoms with Crippen LogP contribution in [-0.4, -0.2) is 26.3 Å². The maximum Gasteiger partial charge on any atom is 0.145 e. The van der Waals surface area contributed by atoms with Gasteiger partial charge in [0.05, 0.1) is 19.9 Å². The molecule has 0 radical (unpaired) electrons. The molecule has 0 aliphatic heterocycles. The Morgan fingerprint density at radius 2 is 1.89 bits per heavy atom. The largest absolute Gasteiger partial charge is 0.497 e. The molecule has 4 nitrogen and oxygen atoms in total. The Balaban J connectivity index is 2.23. The van der Waals surface area contributed by atoms with Crippen molar-refractivity contribution in [3.63, 3.8) is 0 Å². The third-order valence-electron chi connectivity index (χ3n) is 3.88. The van der Waals surface area contributed by atoms with E-state index in [9.17, 15) is 0 Å². The second kappa shape index (κ2) is 6.15. The number of nitrogens with two attached hydrogens (primary N) is 1. The normalized spacial score (nSPS) is 22.9. The number of ether oxygens (including phenoxy) is 2. The van der Waals surface area contributed by atoms with Crippen molar-refractivity contribution in [2.45, 2.75) is 44.7 Å². The lowest BCUT2D eigenvalue weighted by Gasteiger charge is -2.31. The first kappa shape index (κ1) is 14.0. The molecular formula is C15H24N2O2. The van der Waals surface area contributed by atoms with E-state index in [1.807, 2.05) is 12.1 Å². The fraction of sp³-hybridized carbons (Fsp3) is 0.600. The highest BCUT2D eigenvalue weighted by atomic mass is 16.5. The van der Waals surface area contributed by atoms with E-state index in [1.165, 1.54) is 12.8 Å². The molecule has 1 aromatic carbocycles. The molecule has 3 N–H and O–H groups in total. The fourth-order valence-electron chi connectivity index (χ4n) is 2.71. The third kappa shape index (κ3) is 3.13. The van der Waals surface area contributed by atoms with Gasteiger partial charge in [0, 0.05) is 18.2 Å². The zero-order valence-electron chi connectivity index (χ0n) is 12.0. The standard InChI is InChI=1S/C15H24N2O2/c1-10-8-11(18-2)9-14(19-3)15(10)17-13-7-5-4-6-12(13)16/h8-9,12-13,17H,4-7,16H2,1-3H3. The summed E-state index contributed by atoms with van der Waals surface area (Å²) in [7, 11) is 3.35. The van der Waals surface area contributed by atoms with Gasteiger partial charge in [0.2, 0.25) is 0 Å². The molecule has 0 aromatic heterocycles. The summed E-state index contributed by atoms with van der Waals surface area (Å²) in [6.07, 6.45) is 4.69. The molecule has 2 atom stereocenters. The summed E-state index contributed by atoms with van der Waals surface area (Å²) in [5.74, 6) is 1.63. The Morgan fingerprint density at radius 1 is 1.16 bits per heavy atom. The van der Waals surface area contributed by atoms with E-state index in [-0.39, 0.29) is 6.04 Å². The summed E-state index contributed by atoms with van der Waals surface area (Å²) >= 11 is 0. The predicted molar refractivity (Wildman–Crippen MR) is 78.1 cm³/mol. The minimum Gasteiger partial charge on any atom is -0.497 e. The molecule has 0 bridgehead atoms. The smallest absolute Gasteiger partial charge is 0.145 e. The Bertz CT molecular complexity index is 434. The van der Waals surface area contributed by atoms with Crippen LogP contribution >= 0.6 is 0 Å². The van der Waals surface area contributed by atoms with Crippen molar-refractivity contribution in [1.29, 1.82) is 0 Å². The van der Waals surface area contributed by atoms with E-state index in [0.717, 1.165) is 35.6 Å². The first-order chi connectivity index (χ1) is 9.15. The SMILES string of the molecule is COc1cc(C)c(NC2CCCCC2N)c(OC)c1. The van der Waals surface area contributed by atoms with Crippen molar-refractivity contribution in [3.8, 4) is 11.5 Å². The highest BCUT2D eigenvalue weighted by molar-refractivity contribution is 5.65. The molecule has 0 amide bonds. The van der Waals surface area contributed by atoms with E-state index >= 15 is 0 Å². The molecule has 4 heteroatoms. The number of nitrogens with one attached hydrogen (secondary N) is 1. The fourth-order valence-corrected chi connectivity index (χ4v) is 2.71. The molecule has 2 unspecified atom stereocenters. The van der Waals surface area contributed by atoms with Crippen molar-refractivity contribution >= 4 is 5.69 Å². The molecule has 1 aliphatic carbocycles. The monoisotopic (exact) mass is 264 g/mol. The maximum atomic E-state index is 6.20. The lowest BCUT2D eigenvalue weighted by Crippen LogP contribution is -2.42. The van der Waals surface area contributed by atoms with Gasteiger partial charge in [-0.1, -0.05) is 12.8 Å². The summed E-state index contributed by atoms with van der Waals surface area (Å²) in [6, 6.07) is 4.47. The van der Waals surface area contributed by atoms with Crippen LogP contribution < -0.4 is 20.5 Å². The lowest BCUT2D eigenvalue weighted by molar-refractivity contribution is 0.388. The number of benzene rings is 1. The van der Waals surface area contributed by atoms with Crippen molar-refractivity contribution < 1.29 is 9.47 Å². The second-order valence-electron chi connectivity index (χ2n) is 5.22. The molecule has 1 aromatic rings. The van der Waals surface area contributed by atoms with Gasteiger partial charge in [0.25, 0.3) is 0 Å². The minimum absolute atomic E-state index is 0.222. The van der Waals surface area contributed by atoms with E-state index in [1.54, 1.807) is 14.2 Å². The molecule has 1 saturated carbocycles. The summed E-state index contributed by atoms with van der Waals surface area (Å²) < 4.78 is 10.7. The second-order valence-corrected chi connectivity index (χ2v) is 5.22. The van der Waals surface area contributed by atoms with E-state index < -0.39 is 0 Å². The van der Waals surface area contributed by atoms with Crippen molar-refractivity contribution in [2.75, 3.05) is 19.5 Å². The van der Waals surface area contributed by atoms with Crippen LogP contribution in [0.2, 0.25) is 0 Å². The Morgan fingerprint density at radius 3 is 2.53 bits per heavy atom. The average molecular weight is 264 g/mol. The molecule has 0 heterocycles. The van der Waals surface area contributed by atoms with Gasteiger partial charge >= 0.3 is 0 Å². The number of hydrogen-bond acceptors (Lipinski definition) is 4. The number of hydrogen-bond donors (Lipinski definition) is 2. The van der Waals surface area contributed by atoms with E-state index in [0.29, 0.717) is 6.04 Å². The van der Waals surface area contributed by atoms with Crippen molar-refractivity contribution in [3.05, 3.63) is 17.7 Å². The number of aryl methyl sites for hydroxylation is 1. The Kier molecular flexibility index (Phi) is 4.53. The molecular weight excluding hydrogens is 240 g/mol. The first-order valence-electron chi connectivity index (χ1n) is 6.90. The van der Waals surface area contributed by atoms with Crippen LogP contribution in [0.1, 0.15) is 31.2 Å². The highest BCUT2D eigenvalue weighted by Crippen LogP contribution is 2.35. The van der Waals surface area contributed by atoms with Crippen LogP contribution in [0.25, 0.3) is 0 Å². The van der Waals surface area contributed by atoms with Crippen molar-refractivity contribution in [1.82, 2.24) is 0 Å². The zero-order valence-corrected chi connectivity index (χ0v) is 12.0. The Hall–Kier alpha value is -1.42. The predicted octanol–water partition coefficient (Wildman–Crippen LogP) is 2.69. The van der Waals surface area contributed by atoms with Gasteiger partial charge in [-0.3, -0.25) is 0 Å². The van der Waals surface area contributed by atoms with Gasteiger partial charge in [-0.25, -0.2) is 0 Å². The number of rotatable bonds is 4. The molecule has 0 spiro atoms. The van der Waals surface area contributed by atoms with Gasteiger partial charge in [0.1, 0.15) is 11.5 Å². The van der Waals surface area contributed by atoms with Crippen molar-refractivity contribution in [2.24, 2.45) is 5.73 Å². The average Bonchev–Trinajstić information content (AvgIpc) is 2.42. The highest BCUT2D eigenvalue weighted by Gasteiger charge is 2.23. The molecule has 2 rings (SSSR count). The van der Waals surface area contributed by atoms with Crippen LogP contribution in [0, 0.1) is 6.92 Å². The first-order valence-corrected chi connectivity index (χ1v) is 6.90. The van der Waals surface area contributed by atoms with Crippen LogP contribution in [0.4, 0.5) is 5.69 Å². The van der Waals surface area contributed by atoms with Gasteiger partial charge in [-0.15, -0.1) is 0 Å². The molecule has 1 aliphatic rings. The zero-order chi connectivity index (χ0) is 13.8. The quantitative estimate of drug-likeness (QED) is 0.878. The molecule has 0 saturated heterocycles. The topological polar surface area (TPSA) is 56.5 Å². The molecule has 106 valence electrons. The summed E-state index contributed by atoms with van der Waals surface area (Å²) in [5.41, 5.74) is 8.35. The summed E-state index contributed by atoms with van der Waals surface area (Å²) in [4.78, 5) is 0. The maximum absolute atomic E-state index is 6.20. The van der Waals surface area contributed by atoms with E-state index in [2.05, 4.69) is 12.2 Å². The summed E-state index contributed by atoms with van der Waals surface area (Å²) in [6.45, 7) is 2.06. The lowest BCUT2D eigenvalue weighted by atomic mass is 9.90. The molecule has 1 fully saturated rings. The van der Waals surface area contributed by atoms with Gasteiger partial charge in [-0.2, -0.15) is 0 Å². The van der Waals surface area contributed by atoms with Gasteiger partial charge in [0.15, 0.2) is 0 Å². The van der Waals surface area contributed by atoms with Crippen LogP contribution in [0.15, 0.2) is 12.1 Å². The minimum atomic E-state index is 0.222. The molecule has 19 heavy (non-hydrogen) atoms. The number of methoxy groups -OCH3 is 2. The van der Waals surface area contributed by atoms with Gasteiger partial charge < -0.3 is 20.5 Å². The number of anilines is 1. The van der Waals surface area contributed by atoms with Gasteiger partial charge in [-0.05, 0) is 31.4 Å². The van der Waals surface area contributed by atoms with E-state index in [4.69, 9.17) is 15.2 Å². The van der Waals surface area contributed by atoms with Crippen LogP contribution in [0.5, 0.6) is 11.5 Å². The third-order valence-corrected chi connectivity index (χ3v) is 3.88.